The van der Waals surface area contributed by atoms with Gasteiger partial charge in [-0.3, -0.25) is 4.90 Å². The number of hydrogen-bond acceptors (Lipinski definition) is 7. The van der Waals surface area contributed by atoms with Gasteiger partial charge in [0.2, 0.25) is 5.95 Å². The maximum atomic E-state index is 14.9. The summed E-state index contributed by atoms with van der Waals surface area (Å²) < 4.78 is 29.5. The van der Waals surface area contributed by atoms with Crippen molar-refractivity contribution in [2.75, 3.05) is 37.6 Å². The first-order valence-electron chi connectivity index (χ1n) is 10.7. The number of halogens is 2. The molecule has 8 nitrogen and oxygen atoms in total. The SMILES string of the molecule is Cc1ccc(C(O)(CN2CC3CN(c4ncc(F)cn4)CC3C2)Cn2cncn2)c(F)c1. The predicted molar refractivity (Wildman–Crippen MR) is 113 cm³/mol. The third kappa shape index (κ3) is 4.07. The monoisotopic (exact) mass is 441 g/mol. The summed E-state index contributed by atoms with van der Waals surface area (Å²) in [4.78, 5) is 16.4. The van der Waals surface area contributed by atoms with Gasteiger partial charge in [0.1, 0.15) is 24.1 Å². The van der Waals surface area contributed by atoms with Crippen molar-refractivity contribution in [2.45, 2.75) is 19.1 Å². The predicted octanol–water partition coefficient (Wildman–Crippen LogP) is 1.61. The molecule has 0 aliphatic carbocycles. The van der Waals surface area contributed by atoms with E-state index in [0.717, 1.165) is 31.7 Å². The lowest BCUT2D eigenvalue weighted by atomic mass is 9.91. The molecule has 2 aliphatic heterocycles. The molecule has 32 heavy (non-hydrogen) atoms. The van der Waals surface area contributed by atoms with Gasteiger partial charge in [0.15, 0.2) is 5.82 Å². The Morgan fingerprint density at radius 2 is 1.78 bits per heavy atom. The van der Waals surface area contributed by atoms with Crippen LogP contribution in [0, 0.1) is 30.4 Å². The third-order valence-corrected chi connectivity index (χ3v) is 6.45. The van der Waals surface area contributed by atoms with E-state index >= 15 is 0 Å². The molecule has 2 aliphatic rings. The minimum Gasteiger partial charge on any atom is -0.382 e. The third-order valence-electron chi connectivity index (χ3n) is 6.45. The zero-order chi connectivity index (χ0) is 22.3. The molecule has 3 unspecified atom stereocenters. The van der Waals surface area contributed by atoms with Crippen molar-refractivity contribution in [1.82, 2.24) is 29.6 Å². The highest BCUT2D eigenvalue weighted by Gasteiger charge is 2.44. The van der Waals surface area contributed by atoms with Gasteiger partial charge in [-0.15, -0.1) is 0 Å². The van der Waals surface area contributed by atoms with Gasteiger partial charge >= 0.3 is 0 Å². The van der Waals surface area contributed by atoms with Crippen LogP contribution in [0.5, 0.6) is 0 Å². The minimum atomic E-state index is -1.45. The average molecular weight is 441 g/mol. The molecule has 1 N–H and O–H groups in total. The molecule has 0 radical (unpaired) electrons. The summed E-state index contributed by atoms with van der Waals surface area (Å²) in [6, 6.07) is 4.91. The standard InChI is InChI=1S/C22H25F2N7O/c1-15-2-3-19(20(24)4-15)22(32,12-31-14-25-13-28-31)11-29-7-16-9-30(10-17(16)8-29)21-26-5-18(23)6-27-21/h2-6,13-14,16-17,32H,7-12H2,1H3. The Labute approximate surface area is 184 Å². The molecule has 0 bridgehead atoms. The normalized spacial score (nSPS) is 22.8. The second-order valence-electron chi connectivity index (χ2n) is 8.93. The fraction of sp³-hybridized carbons (Fsp3) is 0.455. The summed E-state index contributed by atoms with van der Waals surface area (Å²) in [6.45, 7) is 5.30. The number of aromatic nitrogens is 5. The van der Waals surface area contributed by atoms with Crippen LogP contribution in [0.25, 0.3) is 0 Å². The first-order chi connectivity index (χ1) is 15.4. The highest BCUT2D eigenvalue weighted by Crippen LogP contribution is 2.35. The van der Waals surface area contributed by atoms with E-state index in [9.17, 15) is 13.9 Å². The summed E-state index contributed by atoms with van der Waals surface area (Å²) >= 11 is 0. The molecule has 4 heterocycles. The molecule has 2 saturated heterocycles. The van der Waals surface area contributed by atoms with Gasteiger partial charge < -0.3 is 10.0 Å². The highest BCUT2D eigenvalue weighted by atomic mass is 19.1. The van der Waals surface area contributed by atoms with Gasteiger partial charge in [-0.2, -0.15) is 5.10 Å². The fourth-order valence-electron chi connectivity index (χ4n) is 5.02. The van der Waals surface area contributed by atoms with Crippen molar-refractivity contribution in [3.8, 4) is 0 Å². The van der Waals surface area contributed by atoms with Crippen LogP contribution in [-0.4, -0.2) is 67.5 Å². The van der Waals surface area contributed by atoms with Gasteiger partial charge in [-0.1, -0.05) is 12.1 Å². The van der Waals surface area contributed by atoms with E-state index < -0.39 is 17.2 Å². The molecular formula is C22H25F2N7O. The summed E-state index contributed by atoms with van der Waals surface area (Å²) in [5, 5.41) is 15.8. The highest BCUT2D eigenvalue weighted by molar-refractivity contribution is 5.32. The Morgan fingerprint density at radius 3 is 2.41 bits per heavy atom. The molecule has 1 aromatic carbocycles. The number of β-amino-alcohol motifs (C(OH)–C–C–N with tert-alkyl or cyclic N) is 1. The molecule has 0 saturated carbocycles. The molecule has 3 aromatic rings. The number of nitrogens with zero attached hydrogens (tertiary/aromatic N) is 7. The summed E-state index contributed by atoms with van der Waals surface area (Å²) in [7, 11) is 0. The number of aryl methyl sites for hydroxylation is 1. The smallest absolute Gasteiger partial charge is 0.225 e. The van der Waals surface area contributed by atoms with Gasteiger partial charge in [0, 0.05) is 38.3 Å². The number of anilines is 1. The summed E-state index contributed by atoms with van der Waals surface area (Å²) in [5.74, 6) is 0.419. The van der Waals surface area contributed by atoms with Gasteiger partial charge in [0.25, 0.3) is 0 Å². The lowest BCUT2D eigenvalue weighted by Crippen LogP contribution is -2.45. The van der Waals surface area contributed by atoms with Crippen LogP contribution in [-0.2, 0) is 12.1 Å². The Kier molecular flexibility index (Phi) is 5.34. The first kappa shape index (κ1) is 20.9. The van der Waals surface area contributed by atoms with Crippen molar-refractivity contribution in [3.63, 3.8) is 0 Å². The molecule has 0 spiro atoms. The minimum absolute atomic E-state index is 0.106. The molecule has 5 rings (SSSR count). The Morgan fingerprint density at radius 1 is 1.06 bits per heavy atom. The van der Waals surface area contributed by atoms with Crippen LogP contribution in [0.2, 0.25) is 0 Å². The van der Waals surface area contributed by atoms with Gasteiger partial charge in [-0.05, 0) is 30.4 Å². The Balaban J connectivity index is 1.31. The fourth-order valence-corrected chi connectivity index (χ4v) is 5.02. The Hall–Kier alpha value is -2.98. The van der Waals surface area contributed by atoms with Crippen molar-refractivity contribution in [1.29, 1.82) is 0 Å². The molecule has 10 heteroatoms. The Bertz CT molecular complexity index is 1060. The van der Waals surface area contributed by atoms with E-state index in [2.05, 4.69) is 29.9 Å². The maximum absolute atomic E-state index is 14.9. The lowest BCUT2D eigenvalue weighted by Gasteiger charge is -2.34. The summed E-state index contributed by atoms with van der Waals surface area (Å²) in [5.41, 5.74) is -0.394. The van der Waals surface area contributed by atoms with Crippen LogP contribution in [0.3, 0.4) is 0 Å². The van der Waals surface area contributed by atoms with E-state index in [-0.39, 0.29) is 18.7 Å². The molecule has 0 amide bonds. The quantitative estimate of drug-likeness (QED) is 0.622. The number of fused-ring (bicyclic) bond motifs is 1. The lowest BCUT2D eigenvalue weighted by molar-refractivity contribution is -0.0177. The van der Waals surface area contributed by atoms with E-state index in [4.69, 9.17) is 0 Å². The number of likely N-dealkylation sites (tertiary alicyclic amines) is 1. The second-order valence-corrected chi connectivity index (χ2v) is 8.93. The van der Waals surface area contributed by atoms with Gasteiger partial charge in [-0.25, -0.2) is 28.4 Å². The number of hydrogen-bond donors (Lipinski definition) is 1. The van der Waals surface area contributed by atoms with Crippen LogP contribution in [0.4, 0.5) is 14.7 Å². The van der Waals surface area contributed by atoms with E-state index in [1.54, 1.807) is 6.07 Å². The van der Waals surface area contributed by atoms with Crippen molar-refractivity contribution < 1.29 is 13.9 Å². The summed E-state index contributed by atoms with van der Waals surface area (Å²) in [6.07, 6.45) is 5.29. The van der Waals surface area contributed by atoms with Gasteiger partial charge in [0.05, 0.1) is 18.9 Å². The molecule has 2 aromatic heterocycles. The van der Waals surface area contributed by atoms with Crippen LogP contribution >= 0.6 is 0 Å². The zero-order valence-electron chi connectivity index (χ0n) is 17.8. The van der Waals surface area contributed by atoms with Crippen LogP contribution < -0.4 is 4.90 Å². The van der Waals surface area contributed by atoms with Crippen molar-refractivity contribution in [2.24, 2.45) is 11.8 Å². The zero-order valence-corrected chi connectivity index (χ0v) is 17.8. The first-order valence-corrected chi connectivity index (χ1v) is 10.7. The molecule has 168 valence electrons. The second kappa shape index (κ2) is 8.18. The number of aliphatic hydroxyl groups is 1. The van der Waals surface area contributed by atoms with E-state index in [0.29, 0.717) is 17.8 Å². The van der Waals surface area contributed by atoms with Crippen LogP contribution in [0.1, 0.15) is 11.1 Å². The maximum Gasteiger partial charge on any atom is 0.225 e. The van der Waals surface area contributed by atoms with E-state index in [1.165, 1.54) is 35.8 Å². The molecule has 3 atom stereocenters. The topological polar surface area (TPSA) is 83.2 Å². The average Bonchev–Trinajstić information content (AvgIpc) is 3.45. The number of rotatable bonds is 6. The van der Waals surface area contributed by atoms with Crippen molar-refractivity contribution >= 4 is 5.95 Å². The van der Waals surface area contributed by atoms with Crippen molar-refractivity contribution in [3.05, 3.63) is 66.0 Å². The van der Waals surface area contributed by atoms with Crippen LogP contribution in [0.15, 0.2) is 43.2 Å². The number of benzene rings is 1. The largest absolute Gasteiger partial charge is 0.382 e. The van der Waals surface area contributed by atoms with E-state index in [1.807, 2.05) is 13.0 Å². The molecule has 2 fully saturated rings. The molecular weight excluding hydrogens is 416 g/mol.